The van der Waals surface area contributed by atoms with Gasteiger partial charge in [0, 0.05) is 6.42 Å². The summed E-state index contributed by atoms with van der Waals surface area (Å²) in [5.74, 6) is 3.26. The molecule has 5 heteroatoms. The fourth-order valence-electron chi connectivity index (χ4n) is 0.897. The Morgan fingerprint density at radius 3 is 2.60 bits per heavy atom. The zero-order valence-electron chi connectivity index (χ0n) is 5.28. The number of carboxylic acids is 1. The first-order valence-corrected chi connectivity index (χ1v) is 2.89. The van der Waals surface area contributed by atoms with Crippen molar-refractivity contribution in [3.63, 3.8) is 0 Å². The molecule has 0 aliphatic carbocycles. The summed E-state index contributed by atoms with van der Waals surface area (Å²) >= 11 is 0. The molecule has 10 heavy (non-hydrogen) atoms. The third kappa shape index (κ3) is 1.08. The SMILES string of the molecule is NN1CC(C(=O)O)CC1=O. The van der Waals surface area contributed by atoms with E-state index in [0.717, 1.165) is 5.01 Å². The van der Waals surface area contributed by atoms with Crippen molar-refractivity contribution in [2.45, 2.75) is 6.42 Å². The Morgan fingerprint density at radius 2 is 2.40 bits per heavy atom. The number of rotatable bonds is 1. The third-order valence-corrected chi connectivity index (χ3v) is 1.51. The van der Waals surface area contributed by atoms with Crippen LogP contribution < -0.4 is 5.84 Å². The van der Waals surface area contributed by atoms with Gasteiger partial charge < -0.3 is 5.11 Å². The number of aliphatic carboxylic acids is 1. The van der Waals surface area contributed by atoms with Crippen molar-refractivity contribution >= 4 is 11.9 Å². The molecular formula is C5H8N2O3. The van der Waals surface area contributed by atoms with Crippen LogP contribution in [0.4, 0.5) is 0 Å². The number of hydrogen-bond donors (Lipinski definition) is 2. The second-order valence-corrected chi connectivity index (χ2v) is 2.29. The zero-order chi connectivity index (χ0) is 7.72. The molecule has 1 rings (SSSR count). The molecule has 1 unspecified atom stereocenters. The first kappa shape index (κ1) is 7.01. The minimum Gasteiger partial charge on any atom is -0.481 e. The molecule has 1 atom stereocenters. The van der Waals surface area contributed by atoms with Crippen LogP contribution in [0.25, 0.3) is 0 Å². The van der Waals surface area contributed by atoms with Crippen LogP contribution in [0.3, 0.4) is 0 Å². The van der Waals surface area contributed by atoms with E-state index in [-0.39, 0.29) is 18.9 Å². The smallest absolute Gasteiger partial charge is 0.308 e. The summed E-state index contributed by atoms with van der Waals surface area (Å²) in [7, 11) is 0. The van der Waals surface area contributed by atoms with Gasteiger partial charge in [0.25, 0.3) is 0 Å². The van der Waals surface area contributed by atoms with Crippen LogP contribution >= 0.6 is 0 Å². The number of amides is 1. The lowest BCUT2D eigenvalue weighted by atomic mass is 10.1. The fraction of sp³-hybridized carbons (Fsp3) is 0.600. The van der Waals surface area contributed by atoms with Gasteiger partial charge in [-0.05, 0) is 0 Å². The Morgan fingerprint density at radius 1 is 1.80 bits per heavy atom. The Balaban J connectivity index is 2.57. The second-order valence-electron chi connectivity index (χ2n) is 2.29. The Labute approximate surface area is 57.4 Å². The minimum atomic E-state index is -0.957. The molecule has 0 saturated carbocycles. The summed E-state index contributed by atoms with van der Waals surface area (Å²) in [6.45, 7) is 0.133. The summed E-state index contributed by atoms with van der Waals surface area (Å²) in [5.41, 5.74) is 0. The molecule has 5 nitrogen and oxygen atoms in total. The van der Waals surface area contributed by atoms with Crippen molar-refractivity contribution in [2.75, 3.05) is 6.54 Å². The molecule has 0 bridgehead atoms. The maximum absolute atomic E-state index is 10.6. The number of carboxylic acid groups (broad SMARTS) is 1. The minimum absolute atomic E-state index is 0.0336. The number of nitrogens with zero attached hydrogens (tertiary/aromatic N) is 1. The van der Waals surface area contributed by atoms with E-state index >= 15 is 0 Å². The Bertz CT molecular complexity index is 180. The summed E-state index contributed by atoms with van der Waals surface area (Å²) in [6, 6.07) is 0. The fourth-order valence-corrected chi connectivity index (χ4v) is 0.897. The molecule has 0 aromatic rings. The van der Waals surface area contributed by atoms with Crippen molar-refractivity contribution in [1.82, 2.24) is 5.01 Å². The van der Waals surface area contributed by atoms with E-state index in [0.29, 0.717) is 0 Å². The Kier molecular flexibility index (Phi) is 1.58. The van der Waals surface area contributed by atoms with Crippen molar-refractivity contribution in [1.29, 1.82) is 0 Å². The van der Waals surface area contributed by atoms with E-state index in [1.807, 2.05) is 0 Å². The van der Waals surface area contributed by atoms with Gasteiger partial charge in [-0.1, -0.05) is 0 Å². The molecule has 1 saturated heterocycles. The van der Waals surface area contributed by atoms with Crippen LogP contribution in [0.1, 0.15) is 6.42 Å². The van der Waals surface area contributed by atoms with Crippen LogP contribution in [-0.4, -0.2) is 28.5 Å². The van der Waals surface area contributed by atoms with Gasteiger partial charge in [-0.2, -0.15) is 0 Å². The van der Waals surface area contributed by atoms with Gasteiger partial charge in [0.15, 0.2) is 0 Å². The standard InChI is InChI=1S/C5H8N2O3/c6-7-2-3(5(9)10)1-4(7)8/h3H,1-2,6H2,(H,9,10). The van der Waals surface area contributed by atoms with E-state index in [1.54, 1.807) is 0 Å². The topological polar surface area (TPSA) is 83.6 Å². The van der Waals surface area contributed by atoms with Crippen molar-refractivity contribution < 1.29 is 14.7 Å². The second kappa shape index (κ2) is 2.26. The van der Waals surface area contributed by atoms with Crippen LogP contribution in [0.15, 0.2) is 0 Å². The average Bonchev–Trinajstić information content (AvgIpc) is 2.13. The maximum Gasteiger partial charge on any atom is 0.308 e. The largest absolute Gasteiger partial charge is 0.481 e. The normalized spacial score (nSPS) is 25.5. The van der Waals surface area contributed by atoms with Gasteiger partial charge in [0.2, 0.25) is 5.91 Å². The molecule has 0 aromatic carbocycles. The zero-order valence-corrected chi connectivity index (χ0v) is 5.28. The van der Waals surface area contributed by atoms with E-state index in [9.17, 15) is 9.59 Å². The van der Waals surface area contributed by atoms with Gasteiger partial charge in [0.1, 0.15) is 0 Å². The third-order valence-electron chi connectivity index (χ3n) is 1.51. The Hall–Kier alpha value is -1.10. The summed E-state index contributed by atoms with van der Waals surface area (Å²) in [5, 5.41) is 9.36. The molecule has 56 valence electrons. The van der Waals surface area contributed by atoms with Gasteiger partial charge in [-0.25, -0.2) is 5.84 Å². The summed E-state index contributed by atoms with van der Waals surface area (Å²) in [4.78, 5) is 20.9. The average molecular weight is 144 g/mol. The van der Waals surface area contributed by atoms with Gasteiger partial charge in [0.05, 0.1) is 12.5 Å². The highest BCUT2D eigenvalue weighted by Crippen LogP contribution is 2.13. The van der Waals surface area contributed by atoms with Crippen LogP contribution in [0.5, 0.6) is 0 Å². The molecule has 1 amide bonds. The monoisotopic (exact) mass is 144 g/mol. The molecule has 1 heterocycles. The molecule has 1 aliphatic rings. The van der Waals surface area contributed by atoms with Crippen LogP contribution in [0, 0.1) is 5.92 Å². The summed E-state index contributed by atoms with van der Waals surface area (Å²) in [6.07, 6.45) is 0.0336. The van der Waals surface area contributed by atoms with Gasteiger partial charge in [-0.3, -0.25) is 14.6 Å². The number of carbonyl (C=O) groups is 2. The van der Waals surface area contributed by atoms with E-state index in [2.05, 4.69) is 0 Å². The summed E-state index contributed by atoms with van der Waals surface area (Å²) < 4.78 is 0. The van der Waals surface area contributed by atoms with Crippen LogP contribution in [0.2, 0.25) is 0 Å². The molecule has 0 radical (unpaired) electrons. The van der Waals surface area contributed by atoms with E-state index in [4.69, 9.17) is 10.9 Å². The molecule has 1 fully saturated rings. The van der Waals surface area contributed by atoms with Crippen molar-refractivity contribution in [2.24, 2.45) is 11.8 Å². The lowest BCUT2D eigenvalue weighted by Crippen LogP contribution is -2.32. The first-order valence-electron chi connectivity index (χ1n) is 2.89. The number of hydrazine groups is 1. The predicted molar refractivity (Wildman–Crippen MR) is 31.6 cm³/mol. The van der Waals surface area contributed by atoms with E-state index in [1.165, 1.54) is 0 Å². The van der Waals surface area contributed by atoms with E-state index < -0.39 is 11.9 Å². The molecule has 3 N–H and O–H groups in total. The molecule has 0 spiro atoms. The lowest BCUT2D eigenvalue weighted by molar-refractivity contribution is -0.141. The molecule has 0 aromatic heterocycles. The van der Waals surface area contributed by atoms with Crippen molar-refractivity contribution in [3.8, 4) is 0 Å². The van der Waals surface area contributed by atoms with Crippen molar-refractivity contribution in [3.05, 3.63) is 0 Å². The molecule has 1 aliphatic heterocycles. The number of nitrogens with two attached hydrogens (primary N) is 1. The highest BCUT2D eigenvalue weighted by Gasteiger charge is 2.32. The highest BCUT2D eigenvalue weighted by molar-refractivity contribution is 5.85. The number of hydrogen-bond acceptors (Lipinski definition) is 3. The van der Waals surface area contributed by atoms with Gasteiger partial charge in [-0.15, -0.1) is 0 Å². The number of carbonyl (C=O) groups excluding carboxylic acids is 1. The quantitative estimate of drug-likeness (QED) is 0.357. The van der Waals surface area contributed by atoms with Gasteiger partial charge >= 0.3 is 5.97 Å². The molecular weight excluding hydrogens is 136 g/mol. The maximum atomic E-state index is 10.6. The first-order chi connectivity index (χ1) is 4.61. The van der Waals surface area contributed by atoms with Crippen LogP contribution in [-0.2, 0) is 9.59 Å². The predicted octanol–water partition coefficient (Wildman–Crippen LogP) is -1.21. The lowest BCUT2D eigenvalue weighted by Gasteiger charge is -2.05. The highest BCUT2D eigenvalue weighted by atomic mass is 16.4.